The van der Waals surface area contributed by atoms with Crippen LogP contribution in [0.4, 0.5) is 0 Å². The second kappa shape index (κ2) is 8.48. The Bertz CT molecular complexity index is 300. The molecule has 1 rings (SSSR count). The summed E-state index contributed by atoms with van der Waals surface area (Å²) in [5.41, 5.74) is 1.11. The fourth-order valence-corrected chi connectivity index (χ4v) is 2.26. The summed E-state index contributed by atoms with van der Waals surface area (Å²) in [6, 6.07) is 0. The molecule has 0 spiro atoms. The maximum absolute atomic E-state index is 4.30. The molecule has 96 valence electrons. The monoisotopic (exact) mass is 253 g/mol. The fraction of sp³-hybridized carbons (Fsp3) is 0.692. The summed E-state index contributed by atoms with van der Waals surface area (Å²) in [6.45, 7) is 8.58. The highest BCUT2D eigenvalue weighted by molar-refractivity contribution is 7.99. The average molecular weight is 253 g/mol. The van der Waals surface area contributed by atoms with Crippen LogP contribution in [0.3, 0.4) is 0 Å². The number of hydrogen-bond donors (Lipinski definition) is 1. The molecule has 17 heavy (non-hydrogen) atoms. The molecule has 0 bridgehead atoms. The van der Waals surface area contributed by atoms with Crippen LogP contribution in [0.15, 0.2) is 17.6 Å². The van der Waals surface area contributed by atoms with Gasteiger partial charge in [0.2, 0.25) is 0 Å². The lowest BCUT2D eigenvalue weighted by Crippen LogP contribution is -2.23. The minimum atomic E-state index is 0.513. The van der Waals surface area contributed by atoms with Crippen molar-refractivity contribution in [3.05, 3.63) is 18.0 Å². The molecule has 4 heteroatoms. The van der Waals surface area contributed by atoms with E-state index in [0.717, 1.165) is 23.8 Å². The first-order valence-corrected chi connectivity index (χ1v) is 7.26. The van der Waals surface area contributed by atoms with E-state index in [2.05, 4.69) is 29.1 Å². The van der Waals surface area contributed by atoms with Gasteiger partial charge in [-0.05, 0) is 25.5 Å². The topological polar surface area (TPSA) is 37.8 Å². The van der Waals surface area contributed by atoms with Crippen LogP contribution in [0.5, 0.6) is 0 Å². The second-order valence-corrected chi connectivity index (χ2v) is 5.79. The Balaban J connectivity index is 2.16. The molecule has 1 atom stereocenters. The summed E-state index contributed by atoms with van der Waals surface area (Å²) in [7, 11) is 0. The van der Waals surface area contributed by atoms with Crippen LogP contribution in [0.25, 0.3) is 0 Å². The van der Waals surface area contributed by atoms with Crippen molar-refractivity contribution < 1.29 is 0 Å². The van der Waals surface area contributed by atoms with Crippen LogP contribution in [0.1, 0.15) is 38.7 Å². The van der Waals surface area contributed by atoms with E-state index >= 15 is 0 Å². The third-order valence-corrected chi connectivity index (χ3v) is 3.44. The number of unbranched alkanes of at least 4 members (excludes halogenated alkanes) is 2. The van der Waals surface area contributed by atoms with Gasteiger partial charge < -0.3 is 5.32 Å². The Morgan fingerprint density at radius 3 is 2.65 bits per heavy atom. The lowest BCUT2D eigenvalue weighted by Gasteiger charge is -2.11. The molecule has 1 unspecified atom stereocenters. The van der Waals surface area contributed by atoms with Crippen LogP contribution >= 0.6 is 11.8 Å². The predicted octanol–water partition coefficient (Wildman–Crippen LogP) is 3.05. The quantitative estimate of drug-likeness (QED) is 0.439. The lowest BCUT2D eigenvalue weighted by atomic mass is 10.2. The highest BCUT2D eigenvalue weighted by atomic mass is 32.2. The van der Waals surface area contributed by atoms with E-state index in [9.17, 15) is 0 Å². The van der Waals surface area contributed by atoms with Crippen LogP contribution in [-0.4, -0.2) is 28.3 Å². The summed E-state index contributed by atoms with van der Waals surface area (Å²) in [6.07, 6.45) is 7.61. The van der Waals surface area contributed by atoms with Gasteiger partial charge in [0.25, 0.3) is 0 Å². The average Bonchev–Trinajstić information content (AvgIpc) is 2.32. The van der Waals surface area contributed by atoms with Gasteiger partial charge >= 0.3 is 0 Å². The third-order valence-electron chi connectivity index (χ3n) is 2.45. The molecule has 0 saturated heterocycles. The van der Waals surface area contributed by atoms with Crippen LogP contribution in [0.2, 0.25) is 0 Å². The molecule has 0 aromatic carbocycles. The highest BCUT2D eigenvalue weighted by Crippen LogP contribution is 2.17. The first-order chi connectivity index (χ1) is 8.22. The van der Waals surface area contributed by atoms with E-state index < -0.39 is 0 Å². The number of aromatic nitrogens is 2. The van der Waals surface area contributed by atoms with Crippen molar-refractivity contribution in [3.63, 3.8) is 0 Å². The number of thioether (sulfide) groups is 1. The Kier molecular flexibility index (Phi) is 7.21. The molecule has 1 N–H and O–H groups in total. The third kappa shape index (κ3) is 6.64. The largest absolute Gasteiger partial charge is 0.316 e. The Hall–Kier alpha value is -0.610. The summed E-state index contributed by atoms with van der Waals surface area (Å²) in [4.78, 5) is 8.60. The number of nitrogens with zero attached hydrogens (tertiary/aromatic N) is 2. The van der Waals surface area contributed by atoms with E-state index in [-0.39, 0.29) is 0 Å². The van der Waals surface area contributed by atoms with E-state index in [0.29, 0.717) is 5.25 Å². The number of aryl methyl sites for hydroxylation is 1. The zero-order valence-corrected chi connectivity index (χ0v) is 11.9. The van der Waals surface area contributed by atoms with E-state index in [1.807, 2.05) is 19.3 Å². The number of hydrogen-bond acceptors (Lipinski definition) is 4. The molecule has 1 aromatic heterocycles. The molecule has 0 amide bonds. The van der Waals surface area contributed by atoms with Crippen molar-refractivity contribution in [1.82, 2.24) is 15.3 Å². The maximum Gasteiger partial charge on any atom is 0.187 e. The van der Waals surface area contributed by atoms with Gasteiger partial charge in [-0.2, -0.15) is 0 Å². The standard InChI is InChI=1S/C13H23N3S/c1-4-5-6-7-14-10-12(3)17-13-15-8-11(2)9-16-13/h8-9,12,14H,4-7,10H2,1-3H3. The molecule has 0 fully saturated rings. The van der Waals surface area contributed by atoms with Gasteiger partial charge in [-0.3, -0.25) is 0 Å². The highest BCUT2D eigenvalue weighted by Gasteiger charge is 2.05. The normalized spacial score (nSPS) is 12.6. The maximum atomic E-state index is 4.30. The minimum absolute atomic E-state index is 0.513. The molecule has 0 saturated carbocycles. The van der Waals surface area contributed by atoms with Crippen molar-refractivity contribution in [2.24, 2.45) is 0 Å². The summed E-state index contributed by atoms with van der Waals surface area (Å²) >= 11 is 1.73. The van der Waals surface area contributed by atoms with Gasteiger partial charge in [0, 0.05) is 24.2 Å². The zero-order valence-electron chi connectivity index (χ0n) is 11.1. The van der Waals surface area contributed by atoms with Gasteiger partial charge in [-0.25, -0.2) is 9.97 Å². The minimum Gasteiger partial charge on any atom is -0.316 e. The Morgan fingerprint density at radius 1 is 1.29 bits per heavy atom. The van der Waals surface area contributed by atoms with Gasteiger partial charge in [0.05, 0.1) is 0 Å². The van der Waals surface area contributed by atoms with Crippen LogP contribution in [0, 0.1) is 6.92 Å². The van der Waals surface area contributed by atoms with Crippen molar-refractivity contribution in [3.8, 4) is 0 Å². The number of rotatable bonds is 8. The first-order valence-electron chi connectivity index (χ1n) is 6.38. The first kappa shape index (κ1) is 14.5. The van der Waals surface area contributed by atoms with E-state index in [4.69, 9.17) is 0 Å². The van der Waals surface area contributed by atoms with Crippen molar-refractivity contribution >= 4 is 11.8 Å². The summed E-state index contributed by atoms with van der Waals surface area (Å²) in [5, 5.41) is 4.86. The molecule has 3 nitrogen and oxygen atoms in total. The fourth-order valence-electron chi connectivity index (χ4n) is 1.47. The predicted molar refractivity (Wildman–Crippen MR) is 74.5 cm³/mol. The molecule has 0 aliphatic rings. The molecule has 1 aromatic rings. The van der Waals surface area contributed by atoms with E-state index in [1.165, 1.54) is 19.3 Å². The van der Waals surface area contributed by atoms with Crippen molar-refractivity contribution in [2.75, 3.05) is 13.1 Å². The smallest absolute Gasteiger partial charge is 0.187 e. The van der Waals surface area contributed by atoms with Gasteiger partial charge in [-0.1, -0.05) is 38.5 Å². The van der Waals surface area contributed by atoms with Crippen molar-refractivity contribution in [1.29, 1.82) is 0 Å². The SMILES string of the molecule is CCCCCNCC(C)Sc1ncc(C)cn1. The van der Waals surface area contributed by atoms with Gasteiger partial charge in [0.15, 0.2) is 5.16 Å². The molecule has 0 aliphatic heterocycles. The van der Waals surface area contributed by atoms with Crippen molar-refractivity contribution in [2.45, 2.75) is 50.4 Å². The summed E-state index contributed by atoms with van der Waals surface area (Å²) in [5.74, 6) is 0. The Morgan fingerprint density at radius 2 is 2.00 bits per heavy atom. The summed E-state index contributed by atoms with van der Waals surface area (Å²) < 4.78 is 0. The Labute approximate surface area is 109 Å². The van der Waals surface area contributed by atoms with Crippen LogP contribution < -0.4 is 5.32 Å². The van der Waals surface area contributed by atoms with Gasteiger partial charge in [0.1, 0.15) is 0 Å². The molecule has 0 radical (unpaired) electrons. The van der Waals surface area contributed by atoms with Gasteiger partial charge in [-0.15, -0.1) is 0 Å². The number of nitrogens with one attached hydrogen (secondary N) is 1. The molecule has 1 heterocycles. The second-order valence-electron chi connectivity index (χ2n) is 4.38. The molecular weight excluding hydrogens is 230 g/mol. The van der Waals surface area contributed by atoms with Crippen LogP contribution in [-0.2, 0) is 0 Å². The lowest BCUT2D eigenvalue weighted by molar-refractivity contribution is 0.615. The molecular formula is C13H23N3S. The zero-order chi connectivity index (χ0) is 12.5. The molecule has 0 aliphatic carbocycles. The van der Waals surface area contributed by atoms with E-state index in [1.54, 1.807) is 11.8 Å².